The molecule has 0 heterocycles. The van der Waals surface area contributed by atoms with Crippen molar-refractivity contribution in [1.29, 1.82) is 0 Å². The summed E-state index contributed by atoms with van der Waals surface area (Å²) in [5.41, 5.74) is 20.1. The highest BCUT2D eigenvalue weighted by Gasteiger charge is 2.46. The molecule has 0 saturated carbocycles. The molecular weight excluding hydrogens is 769 g/mol. The van der Waals surface area contributed by atoms with Gasteiger partial charge in [-0.05, 0) is 146 Å². The Morgan fingerprint density at radius 3 is 1.41 bits per heavy atom. The summed E-state index contributed by atoms with van der Waals surface area (Å²) in [4.78, 5) is 0. The van der Waals surface area contributed by atoms with E-state index in [1.54, 1.807) is 0 Å². The van der Waals surface area contributed by atoms with Gasteiger partial charge in [-0.3, -0.25) is 0 Å². The van der Waals surface area contributed by atoms with Crippen LogP contribution in [0.1, 0.15) is 47.2 Å². The third-order valence-electron chi connectivity index (χ3n) is 14.7. The number of hydrogen-bond donors (Lipinski definition) is 0. The maximum atomic E-state index is 2.53. The van der Waals surface area contributed by atoms with Gasteiger partial charge in [0.2, 0.25) is 0 Å². The Balaban J connectivity index is 1.11. The number of hydrogen-bond acceptors (Lipinski definition) is 0. The van der Waals surface area contributed by atoms with Crippen molar-refractivity contribution in [3.8, 4) is 55.6 Å². The second-order valence-corrected chi connectivity index (χ2v) is 18.3. The van der Waals surface area contributed by atoms with Crippen LogP contribution in [0.25, 0.3) is 88.0 Å². The zero-order valence-corrected chi connectivity index (χ0v) is 35.9. The lowest BCUT2D eigenvalue weighted by molar-refractivity contribution is 0.660. The van der Waals surface area contributed by atoms with E-state index in [0.29, 0.717) is 0 Å². The van der Waals surface area contributed by atoms with Crippen molar-refractivity contribution in [3.63, 3.8) is 0 Å². The molecule has 0 bridgehead atoms. The lowest BCUT2D eigenvalue weighted by Gasteiger charge is -2.34. The monoisotopic (exact) mass is 812 g/mol. The predicted octanol–water partition coefficient (Wildman–Crippen LogP) is 16.8. The van der Waals surface area contributed by atoms with E-state index in [1.165, 1.54) is 121 Å². The average molecular weight is 813 g/mol. The van der Waals surface area contributed by atoms with Crippen molar-refractivity contribution in [2.75, 3.05) is 0 Å². The number of benzene rings is 11. The van der Waals surface area contributed by atoms with E-state index in [9.17, 15) is 0 Å². The van der Waals surface area contributed by atoms with Gasteiger partial charge in [-0.25, -0.2) is 0 Å². The second-order valence-electron chi connectivity index (χ2n) is 18.3. The van der Waals surface area contributed by atoms with Crippen LogP contribution >= 0.6 is 0 Å². The Hall–Kier alpha value is -7.80. The Morgan fingerprint density at radius 1 is 0.266 bits per heavy atom. The number of fused-ring (bicyclic) bond motifs is 9. The fourth-order valence-electron chi connectivity index (χ4n) is 11.8. The predicted molar refractivity (Wildman–Crippen MR) is 270 cm³/mol. The Kier molecular flexibility index (Phi) is 7.97. The summed E-state index contributed by atoms with van der Waals surface area (Å²) in [6.07, 6.45) is 0. The van der Waals surface area contributed by atoms with E-state index >= 15 is 0 Å². The second kappa shape index (κ2) is 13.9. The van der Waals surface area contributed by atoms with Gasteiger partial charge in [0.15, 0.2) is 0 Å². The SMILES string of the molecule is CC1(C)c2ccccc2-c2ccc(-c3c4ccccc4c(-c4ccc5c(c4)C(c4ccccc4)(c4ccccc4)c4ccccc4-5)c4ccc(-c5ccc6ccccc6c5)cc34)cc21. The first kappa shape index (κ1) is 36.8. The highest BCUT2D eigenvalue weighted by Crippen LogP contribution is 2.58. The third kappa shape index (κ3) is 5.17. The third-order valence-corrected chi connectivity index (χ3v) is 14.7. The van der Waals surface area contributed by atoms with Crippen LogP contribution in [0.4, 0.5) is 0 Å². The normalized spacial score (nSPS) is 14.0. The molecule has 2 aliphatic carbocycles. The fourth-order valence-corrected chi connectivity index (χ4v) is 11.8. The van der Waals surface area contributed by atoms with Gasteiger partial charge in [0.1, 0.15) is 0 Å². The first-order valence-electron chi connectivity index (χ1n) is 22.6. The molecule has 0 aromatic heterocycles. The Morgan fingerprint density at radius 2 is 0.719 bits per heavy atom. The van der Waals surface area contributed by atoms with Crippen molar-refractivity contribution in [3.05, 3.63) is 264 Å². The van der Waals surface area contributed by atoms with E-state index in [1.807, 2.05) is 0 Å². The molecule has 300 valence electrons. The van der Waals surface area contributed by atoms with E-state index in [0.717, 1.165) is 0 Å². The molecule has 0 heteroatoms. The average Bonchev–Trinajstić information content (AvgIpc) is 3.78. The standard InChI is InChI=1S/C64H44/c1-63(2)57-27-15-13-23-49(57)51-34-32-45(39-59(51)63)62-54-26-12-11-25-53(54)61(55-36-31-44(38-56(55)62)43-30-29-41-17-9-10-18-42(41)37-43)46-33-35-52-50-24-14-16-28-58(50)64(60(52)40-46,47-19-5-3-6-20-47)48-21-7-4-8-22-48/h3-40H,1-2H3. The molecular formula is C64H44. The summed E-state index contributed by atoms with van der Waals surface area (Å²) in [6, 6.07) is 86.8. The zero-order chi connectivity index (χ0) is 42.6. The first-order chi connectivity index (χ1) is 31.5. The molecule has 64 heavy (non-hydrogen) atoms. The largest absolute Gasteiger partial charge is 0.0713 e. The van der Waals surface area contributed by atoms with Gasteiger partial charge in [0, 0.05) is 5.41 Å². The molecule has 2 aliphatic rings. The van der Waals surface area contributed by atoms with Crippen molar-refractivity contribution >= 4 is 32.3 Å². The van der Waals surface area contributed by atoms with Gasteiger partial charge >= 0.3 is 0 Å². The molecule has 0 radical (unpaired) electrons. The summed E-state index contributed by atoms with van der Waals surface area (Å²) >= 11 is 0. The minimum Gasteiger partial charge on any atom is -0.0622 e. The molecule has 11 aromatic carbocycles. The van der Waals surface area contributed by atoms with Crippen LogP contribution in [0.5, 0.6) is 0 Å². The summed E-state index contributed by atoms with van der Waals surface area (Å²) in [6.45, 7) is 4.77. The summed E-state index contributed by atoms with van der Waals surface area (Å²) < 4.78 is 0. The van der Waals surface area contributed by atoms with Crippen molar-refractivity contribution < 1.29 is 0 Å². The molecule has 0 aliphatic heterocycles. The van der Waals surface area contributed by atoms with Crippen LogP contribution in [0.2, 0.25) is 0 Å². The highest BCUT2D eigenvalue weighted by atomic mass is 14.5. The molecule has 13 rings (SSSR count). The van der Waals surface area contributed by atoms with Crippen LogP contribution in [-0.4, -0.2) is 0 Å². The molecule has 0 atom stereocenters. The molecule has 0 spiro atoms. The molecule has 0 nitrogen and oxygen atoms in total. The Bertz CT molecular complexity index is 3640. The van der Waals surface area contributed by atoms with E-state index < -0.39 is 5.41 Å². The molecule has 0 unspecified atom stereocenters. The van der Waals surface area contributed by atoms with Gasteiger partial charge in [0.05, 0.1) is 5.41 Å². The van der Waals surface area contributed by atoms with Crippen LogP contribution < -0.4 is 0 Å². The summed E-state index contributed by atoms with van der Waals surface area (Å²) in [5, 5.41) is 7.53. The van der Waals surface area contributed by atoms with E-state index in [2.05, 4.69) is 244 Å². The van der Waals surface area contributed by atoms with E-state index in [4.69, 9.17) is 0 Å². The smallest absolute Gasteiger partial charge is 0.0622 e. The first-order valence-corrected chi connectivity index (χ1v) is 22.6. The molecule has 0 amide bonds. The van der Waals surface area contributed by atoms with Crippen LogP contribution in [-0.2, 0) is 10.8 Å². The van der Waals surface area contributed by atoms with E-state index in [-0.39, 0.29) is 5.41 Å². The summed E-state index contributed by atoms with van der Waals surface area (Å²) in [5.74, 6) is 0. The summed E-state index contributed by atoms with van der Waals surface area (Å²) in [7, 11) is 0. The minimum absolute atomic E-state index is 0.115. The molecule has 0 fully saturated rings. The lowest BCUT2D eigenvalue weighted by Crippen LogP contribution is -2.28. The van der Waals surface area contributed by atoms with Crippen molar-refractivity contribution in [2.45, 2.75) is 24.7 Å². The molecule has 0 saturated heterocycles. The highest BCUT2D eigenvalue weighted by molar-refractivity contribution is 6.22. The zero-order valence-electron chi connectivity index (χ0n) is 35.9. The van der Waals surface area contributed by atoms with Gasteiger partial charge < -0.3 is 0 Å². The van der Waals surface area contributed by atoms with Crippen LogP contribution in [0, 0.1) is 0 Å². The lowest BCUT2D eigenvalue weighted by atomic mass is 9.67. The van der Waals surface area contributed by atoms with Crippen molar-refractivity contribution in [1.82, 2.24) is 0 Å². The van der Waals surface area contributed by atoms with Crippen LogP contribution in [0.3, 0.4) is 0 Å². The molecule has 11 aromatic rings. The van der Waals surface area contributed by atoms with Crippen molar-refractivity contribution in [2.24, 2.45) is 0 Å². The van der Waals surface area contributed by atoms with Crippen LogP contribution in [0.15, 0.2) is 231 Å². The van der Waals surface area contributed by atoms with Gasteiger partial charge in [0.25, 0.3) is 0 Å². The fraction of sp³-hybridized carbons (Fsp3) is 0.0625. The van der Waals surface area contributed by atoms with Gasteiger partial charge in [-0.15, -0.1) is 0 Å². The number of rotatable bonds is 5. The maximum absolute atomic E-state index is 2.53. The Labute approximate surface area is 374 Å². The van der Waals surface area contributed by atoms with Gasteiger partial charge in [-0.2, -0.15) is 0 Å². The molecule has 0 N–H and O–H groups in total. The minimum atomic E-state index is -0.492. The maximum Gasteiger partial charge on any atom is 0.0713 e. The van der Waals surface area contributed by atoms with Gasteiger partial charge in [-0.1, -0.05) is 220 Å². The quantitative estimate of drug-likeness (QED) is 0.152. The topological polar surface area (TPSA) is 0 Å².